The number of hydrogen-bond acceptors (Lipinski definition) is 2. The van der Waals surface area contributed by atoms with Gasteiger partial charge in [0.1, 0.15) is 5.75 Å². The molecule has 3 nitrogen and oxygen atoms in total. The molecule has 0 saturated carbocycles. The Labute approximate surface area is 162 Å². The molecule has 0 fully saturated rings. The van der Waals surface area contributed by atoms with E-state index in [1.807, 2.05) is 13.8 Å². The molecule has 28 heavy (non-hydrogen) atoms. The molecule has 2 rings (SSSR count). The highest BCUT2D eigenvalue weighted by molar-refractivity contribution is 5.96. The van der Waals surface area contributed by atoms with Gasteiger partial charge in [-0.15, -0.1) is 13.2 Å². The topological polar surface area (TPSA) is 38.3 Å². The molecule has 0 unspecified atom stereocenters. The molecule has 0 aliphatic heterocycles. The minimum absolute atomic E-state index is 0.305. The molecular weight excluding hydrogens is 367 g/mol. The lowest BCUT2D eigenvalue weighted by atomic mass is 10.0. The van der Waals surface area contributed by atoms with E-state index in [1.165, 1.54) is 36.4 Å². The molecular formula is C22H22F3NO2. The van der Waals surface area contributed by atoms with Crippen LogP contribution in [0.5, 0.6) is 5.75 Å². The van der Waals surface area contributed by atoms with Crippen molar-refractivity contribution in [3.63, 3.8) is 0 Å². The molecule has 0 saturated heterocycles. The summed E-state index contributed by atoms with van der Waals surface area (Å²) in [6.45, 7) is 11.2. The first-order chi connectivity index (χ1) is 13.3. The fourth-order valence-corrected chi connectivity index (χ4v) is 2.18. The van der Waals surface area contributed by atoms with Crippen LogP contribution in [-0.2, 0) is 0 Å². The highest BCUT2D eigenvalue weighted by atomic mass is 19.4. The van der Waals surface area contributed by atoms with Crippen molar-refractivity contribution in [1.29, 1.82) is 0 Å². The van der Waals surface area contributed by atoms with E-state index in [0.717, 1.165) is 0 Å². The van der Waals surface area contributed by atoms with E-state index < -0.39 is 6.36 Å². The van der Waals surface area contributed by atoms with Crippen LogP contribution in [0.4, 0.5) is 13.2 Å². The maximum atomic E-state index is 12.3. The predicted molar refractivity (Wildman–Crippen MR) is 106 cm³/mol. The van der Waals surface area contributed by atoms with Gasteiger partial charge in [-0.2, -0.15) is 0 Å². The maximum absolute atomic E-state index is 12.3. The Balaban J connectivity index is 0.00000190. The maximum Gasteiger partial charge on any atom is 0.573 e. The van der Waals surface area contributed by atoms with Gasteiger partial charge in [-0.05, 0) is 47.5 Å². The summed E-state index contributed by atoms with van der Waals surface area (Å²) in [4.78, 5) is 12.3. The number of allylic oxidation sites excluding steroid dienone is 3. The molecule has 0 aliphatic carbocycles. The zero-order valence-electron chi connectivity index (χ0n) is 15.7. The third kappa shape index (κ3) is 7.15. The smallest absolute Gasteiger partial charge is 0.406 e. The second-order valence-electron chi connectivity index (χ2n) is 5.17. The normalized spacial score (nSPS) is 11.0. The Kier molecular flexibility index (Phi) is 8.75. The van der Waals surface area contributed by atoms with Gasteiger partial charge in [0.05, 0.1) is 0 Å². The Morgan fingerprint density at radius 2 is 1.68 bits per heavy atom. The van der Waals surface area contributed by atoms with E-state index in [4.69, 9.17) is 0 Å². The van der Waals surface area contributed by atoms with E-state index in [0.29, 0.717) is 22.4 Å². The quantitative estimate of drug-likeness (QED) is 0.592. The Hall–Kier alpha value is -3.28. The van der Waals surface area contributed by atoms with Gasteiger partial charge in [0, 0.05) is 11.3 Å². The van der Waals surface area contributed by atoms with Gasteiger partial charge in [0.15, 0.2) is 0 Å². The second-order valence-corrected chi connectivity index (χ2v) is 5.17. The van der Waals surface area contributed by atoms with Crippen LogP contribution in [0.25, 0.3) is 11.1 Å². The van der Waals surface area contributed by atoms with Crippen molar-refractivity contribution in [3.8, 4) is 16.9 Å². The number of hydrogen-bond donors (Lipinski definition) is 1. The first kappa shape index (κ1) is 22.8. The van der Waals surface area contributed by atoms with Crippen molar-refractivity contribution in [1.82, 2.24) is 5.32 Å². The Morgan fingerprint density at radius 3 is 2.21 bits per heavy atom. The van der Waals surface area contributed by atoms with Crippen LogP contribution in [0.2, 0.25) is 0 Å². The van der Waals surface area contributed by atoms with Crippen molar-refractivity contribution in [3.05, 3.63) is 91.2 Å². The van der Waals surface area contributed by atoms with Crippen molar-refractivity contribution in [2.45, 2.75) is 20.2 Å². The van der Waals surface area contributed by atoms with Crippen LogP contribution in [0, 0.1) is 0 Å². The fraction of sp³-hybridized carbons (Fsp3) is 0.136. The molecule has 0 aromatic heterocycles. The fourth-order valence-electron chi connectivity index (χ4n) is 2.18. The minimum atomic E-state index is -4.73. The monoisotopic (exact) mass is 389 g/mol. The van der Waals surface area contributed by atoms with Crippen LogP contribution in [-0.4, -0.2) is 12.3 Å². The summed E-state index contributed by atoms with van der Waals surface area (Å²) in [6, 6.07) is 12.1. The van der Waals surface area contributed by atoms with E-state index in [2.05, 4.69) is 23.2 Å². The highest BCUT2D eigenvalue weighted by Crippen LogP contribution is 2.27. The van der Waals surface area contributed by atoms with Crippen LogP contribution < -0.4 is 10.1 Å². The number of benzene rings is 2. The minimum Gasteiger partial charge on any atom is -0.406 e. The summed E-state index contributed by atoms with van der Waals surface area (Å²) < 4.78 is 40.5. The molecule has 148 valence electrons. The third-order valence-corrected chi connectivity index (χ3v) is 3.32. The SMILES string of the molecule is C=C/C=C(\C=C)NC(=O)c1cccc(-c2ccc(OC(F)(F)F)cc2)c1.CC. The van der Waals surface area contributed by atoms with Crippen LogP contribution in [0.1, 0.15) is 24.2 Å². The summed E-state index contributed by atoms with van der Waals surface area (Å²) in [6.07, 6.45) is -0.115. The van der Waals surface area contributed by atoms with Gasteiger partial charge >= 0.3 is 6.36 Å². The van der Waals surface area contributed by atoms with Gasteiger partial charge in [-0.3, -0.25) is 4.79 Å². The van der Waals surface area contributed by atoms with Crippen molar-refractivity contribution < 1.29 is 22.7 Å². The van der Waals surface area contributed by atoms with Gasteiger partial charge < -0.3 is 10.1 Å². The van der Waals surface area contributed by atoms with Gasteiger partial charge in [-0.25, -0.2) is 0 Å². The summed E-state index contributed by atoms with van der Waals surface area (Å²) in [5.41, 5.74) is 2.24. The van der Waals surface area contributed by atoms with Crippen LogP contribution in [0.3, 0.4) is 0 Å². The first-order valence-electron chi connectivity index (χ1n) is 8.55. The molecule has 2 aromatic rings. The molecule has 1 N–H and O–H groups in total. The summed E-state index contributed by atoms with van der Waals surface area (Å²) in [5, 5.41) is 2.69. The molecule has 6 heteroatoms. The molecule has 2 aromatic carbocycles. The zero-order chi connectivity index (χ0) is 21.2. The lowest BCUT2D eigenvalue weighted by Crippen LogP contribution is -2.21. The predicted octanol–water partition coefficient (Wildman–Crippen LogP) is 6.26. The average molecular weight is 389 g/mol. The average Bonchev–Trinajstić information content (AvgIpc) is 2.68. The zero-order valence-corrected chi connectivity index (χ0v) is 15.7. The number of rotatable bonds is 6. The molecule has 0 radical (unpaired) electrons. The second kappa shape index (κ2) is 10.8. The highest BCUT2D eigenvalue weighted by Gasteiger charge is 2.30. The number of alkyl halides is 3. The van der Waals surface area contributed by atoms with Gasteiger partial charge in [0.25, 0.3) is 5.91 Å². The Bertz CT molecular complexity index is 838. The van der Waals surface area contributed by atoms with Crippen LogP contribution >= 0.6 is 0 Å². The van der Waals surface area contributed by atoms with E-state index in [-0.39, 0.29) is 11.7 Å². The largest absolute Gasteiger partial charge is 0.573 e. The number of halogens is 3. The first-order valence-corrected chi connectivity index (χ1v) is 8.55. The van der Waals surface area contributed by atoms with E-state index >= 15 is 0 Å². The van der Waals surface area contributed by atoms with Crippen molar-refractivity contribution in [2.75, 3.05) is 0 Å². The number of amides is 1. The molecule has 0 atom stereocenters. The molecule has 0 heterocycles. The molecule has 1 amide bonds. The number of nitrogens with one attached hydrogen (secondary N) is 1. The standard InChI is InChI=1S/C20H16F3NO2.C2H6/c1-3-6-17(4-2)24-19(25)16-8-5-7-15(13-16)14-9-11-18(12-10-14)26-20(21,22)23;1-2/h3-13H,1-2H2,(H,24,25);1-2H3/b17-6+;. The van der Waals surface area contributed by atoms with Crippen molar-refractivity contribution in [2.24, 2.45) is 0 Å². The lowest BCUT2D eigenvalue weighted by Gasteiger charge is -2.10. The molecule has 0 spiro atoms. The summed E-state index contributed by atoms with van der Waals surface area (Å²) in [7, 11) is 0. The van der Waals surface area contributed by atoms with E-state index in [1.54, 1.807) is 30.3 Å². The van der Waals surface area contributed by atoms with Crippen molar-refractivity contribution >= 4 is 5.91 Å². The van der Waals surface area contributed by atoms with Gasteiger partial charge in [-0.1, -0.05) is 57.3 Å². The summed E-state index contributed by atoms with van der Waals surface area (Å²) in [5.74, 6) is -0.641. The van der Waals surface area contributed by atoms with Crippen LogP contribution in [0.15, 0.2) is 85.6 Å². The molecule has 0 aliphatic rings. The Morgan fingerprint density at radius 1 is 1.04 bits per heavy atom. The molecule has 0 bridgehead atoms. The number of carbonyl (C=O) groups excluding carboxylic acids is 1. The third-order valence-electron chi connectivity index (χ3n) is 3.32. The number of carbonyl (C=O) groups is 1. The summed E-state index contributed by atoms with van der Waals surface area (Å²) >= 11 is 0. The van der Waals surface area contributed by atoms with Gasteiger partial charge in [0.2, 0.25) is 0 Å². The van der Waals surface area contributed by atoms with E-state index in [9.17, 15) is 18.0 Å². The lowest BCUT2D eigenvalue weighted by molar-refractivity contribution is -0.274. The number of ether oxygens (including phenoxy) is 1.